The van der Waals surface area contributed by atoms with E-state index >= 15 is 0 Å². The highest BCUT2D eigenvalue weighted by Gasteiger charge is 2.26. The predicted octanol–water partition coefficient (Wildman–Crippen LogP) is 6.06. The number of para-hydroxylation sites is 1. The highest BCUT2D eigenvalue weighted by atomic mass is 35.5. The number of aromatic nitrogens is 3. The topological polar surface area (TPSA) is 83.6 Å². The summed E-state index contributed by atoms with van der Waals surface area (Å²) in [6, 6.07) is 17.6. The van der Waals surface area contributed by atoms with Gasteiger partial charge in [-0.25, -0.2) is 0 Å². The quantitative estimate of drug-likeness (QED) is 0.392. The summed E-state index contributed by atoms with van der Waals surface area (Å²) in [5.74, 6) is 1.17. The number of nitrogens with zero attached hydrogens (tertiary/aromatic N) is 4. The van der Waals surface area contributed by atoms with Crippen LogP contribution in [0.25, 0.3) is 11.4 Å². The van der Waals surface area contributed by atoms with Gasteiger partial charge in [0.2, 0.25) is 5.91 Å². The molecule has 1 aliphatic carbocycles. The van der Waals surface area contributed by atoms with Crippen LogP contribution in [-0.4, -0.2) is 32.2 Å². The number of hydrogen-bond acceptors (Lipinski definition) is 6. The Kier molecular flexibility index (Phi) is 7.74. The maximum Gasteiger partial charge on any atom is 0.234 e. The lowest BCUT2D eigenvalue weighted by Crippen LogP contribution is -2.16. The summed E-state index contributed by atoms with van der Waals surface area (Å²) < 4.78 is 2.16. The average Bonchev–Trinajstić information content (AvgIpc) is 3.47. The molecule has 0 aliphatic heterocycles. The molecule has 4 rings (SSSR count). The number of carbonyl (C=O) groups excluding carboxylic acids is 1. The van der Waals surface area contributed by atoms with Crippen LogP contribution in [0.5, 0.6) is 0 Å². The summed E-state index contributed by atoms with van der Waals surface area (Å²) in [5, 5.41) is 22.0. The molecular formula is C23H22ClN5OS2. The molecule has 6 nitrogen and oxygen atoms in total. The number of benzene rings is 2. The molecule has 0 atom stereocenters. The monoisotopic (exact) mass is 483 g/mol. The maximum absolute atomic E-state index is 12.7. The van der Waals surface area contributed by atoms with Gasteiger partial charge in [0.1, 0.15) is 0 Å². The first-order valence-electron chi connectivity index (χ1n) is 10.4. The first kappa shape index (κ1) is 22.7. The van der Waals surface area contributed by atoms with Gasteiger partial charge in [-0.3, -0.25) is 9.36 Å². The lowest BCUT2D eigenvalue weighted by Gasteiger charge is -2.17. The predicted molar refractivity (Wildman–Crippen MR) is 130 cm³/mol. The molecule has 1 saturated carbocycles. The Morgan fingerprint density at radius 3 is 2.66 bits per heavy atom. The Hall–Kier alpha value is -2.47. The zero-order valence-corrected chi connectivity index (χ0v) is 19.7. The van der Waals surface area contributed by atoms with Crippen LogP contribution in [0, 0.1) is 11.3 Å². The summed E-state index contributed by atoms with van der Waals surface area (Å²) in [5.41, 5.74) is 1.57. The third kappa shape index (κ3) is 5.29. The van der Waals surface area contributed by atoms with Crippen molar-refractivity contribution >= 4 is 46.7 Å². The molecule has 0 saturated heterocycles. The fourth-order valence-corrected chi connectivity index (χ4v) is 5.51. The summed E-state index contributed by atoms with van der Waals surface area (Å²) in [6.45, 7) is 0. The van der Waals surface area contributed by atoms with Gasteiger partial charge < -0.3 is 5.32 Å². The molecular weight excluding hydrogens is 462 g/mol. The van der Waals surface area contributed by atoms with Crippen molar-refractivity contribution in [2.45, 2.75) is 41.8 Å². The van der Waals surface area contributed by atoms with Crippen molar-refractivity contribution in [3.63, 3.8) is 0 Å². The molecule has 1 aliphatic rings. The molecule has 0 spiro atoms. The number of anilines is 1. The minimum Gasteiger partial charge on any atom is -0.324 e. The van der Waals surface area contributed by atoms with Gasteiger partial charge in [0, 0.05) is 16.5 Å². The lowest BCUT2D eigenvalue weighted by molar-refractivity contribution is -0.113. The van der Waals surface area contributed by atoms with Crippen molar-refractivity contribution in [3.8, 4) is 17.5 Å². The van der Waals surface area contributed by atoms with Gasteiger partial charge in [0.05, 0.1) is 28.3 Å². The molecule has 1 aromatic heterocycles. The van der Waals surface area contributed by atoms with Gasteiger partial charge >= 0.3 is 0 Å². The van der Waals surface area contributed by atoms with Crippen LogP contribution in [0.4, 0.5) is 5.69 Å². The Bertz CT molecular complexity index is 1140. The van der Waals surface area contributed by atoms with E-state index in [0.29, 0.717) is 22.5 Å². The standard InChI is InChI=1S/C23H22ClN5OS2/c24-18-10-4-3-9-17(18)22-27-28-23(29(22)16-7-1-2-8-16)32-15-21(30)26-19-11-5-6-12-20(19)31-14-13-25/h3-6,9-12,16H,1-2,7-8,14-15H2,(H,26,30). The Balaban J connectivity index is 1.51. The van der Waals surface area contributed by atoms with Crippen LogP contribution in [0.3, 0.4) is 0 Å². The van der Waals surface area contributed by atoms with Gasteiger partial charge in [-0.05, 0) is 37.1 Å². The molecule has 1 amide bonds. The van der Waals surface area contributed by atoms with E-state index in [0.717, 1.165) is 34.3 Å². The SMILES string of the molecule is N#CCSc1ccccc1NC(=O)CSc1nnc(-c2ccccc2Cl)n1C1CCCC1. The second-order valence-corrected chi connectivity index (χ2v) is 9.74. The number of hydrogen-bond donors (Lipinski definition) is 1. The van der Waals surface area contributed by atoms with E-state index in [1.807, 2.05) is 48.5 Å². The lowest BCUT2D eigenvalue weighted by atomic mass is 10.2. The van der Waals surface area contributed by atoms with Crippen molar-refractivity contribution in [1.29, 1.82) is 5.26 Å². The molecule has 1 heterocycles. The van der Waals surface area contributed by atoms with Gasteiger partial charge in [-0.15, -0.1) is 22.0 Å². The minimum absolute atomic E-state index is 0.125. The smallest absolute Gasteiger partial charge is 0.234 e. The number of nitriles is 1. The third-order valence-corrected chi connectivity index (χ3v) is 7.47. The molecule has 1 fully saturated rings. The molecule has 9 heteroatoms. The molecule has 0 unspecified atom stereocenters. The highest BCUT2D eigenvalue weighted by Crippen LogP contribution is 2.38. The fourth-order valence-electron chi connectivity index (χ4n) is 3.82. The Labute approximate surface area is 200 Å². The van der Waals surface area contributed by atoms with Crippen LogP contribution < -0.4 is 5.32 Å². The maximum atomic E-state index is 12.7. The number of rotatable bonds is 8. The number of halogens is 1. The van der Waals surface area contributed by atoms with Gasteiger partial charge in [0.25, 0.3) is 0 Å². The normalized spacial score (nSPS) is 13.8. The highest BCUT2D eigenvalue weighted by molar-refractivity contribution is 8.00. The van der Waals surface area contributed by atoms with E-state index in [2.05, 4.69) is 26.2 Å². The van der Waals surface area contributed by atoms with Crippen molar-refractivity contribution < 1.29 is 4.79 Å². The number of thioether (sulfide) groups is 2. The van der Waals surface area contributed by atoms with Crippen molar-refractivity contribution in [1.82, 2.24) is 14.8 Å². The van der Waals surface area contributed by atoms with E-state index < -0.39 is 0 Å². The zero-order valence-electron chi connectivity index (χ0n) is 17.3. The third-order valence-electron chi connectivity index (χ3n) is 5.25. The van der Waals surface area contributed by atoms with Crippen molar-refractivity contribution in [2.75, 3.05) is 16.8 Å². The van der Waals surface area contributed by atoms with Crippen molar-refractivity contribution in [3.05, 3.63) is 53.6 Å². The number of nitrogens with one attached hydrogen (secondary N) is 1. The first-order valence-corrected chi connectivity index (χ1v) is 12.7. The Morgan fingerprint density at radius 2 is 1.88 bits per heavy atom. The van der Waals surface area contributed by atoms with E-state index in [1.54, 1.807) is 0 Å². The second-order valence-electron chi connectivity index (χ2n) is 7.37. The molecule has 164 valence electrons. The van der Waals surface area contributed by atoms with Crippen LogP contribution in [0.2, 0.25) is 5.02 Å². The van der Waals surface area contributed by atoms with Gasteiger partial charge in [0.15, 0.2) is 11.0 Å². The van der Waals surface area contributed by atoms with Gasteiger partial charge in [-0.1, -0.05) is 60.5 Å². The van der Waals surface area contributed by atoms with Crippen LogP contribution in [-0.2, 0) is 4.79 Å². The van der Waals surface area contributed by atoms with Crippen LogP contribution >= 0.6 is 35.1 Å². The largest absolute Gasteiger partial charge is 0.324 e. The molecule has 3 aromatic rings. The second kappa shape index (κ2) is 10.9. The fraction of sp³-hybridized carbons (Fsp3) is 0.304. The van der Waals surface area contributed by atoms with E-state index in [4.69, 9.17) is 16.9 Å². The summed E-state index contributed by atoms with van der Waals surface area (Å²) >= 11 is 9.23. The molecule has 1 N–H and O–H groups in total. The Morgan fingerprint density at radius 1 is 1.12 bits per heavy atom. The summed E-state index contributed by atoms with van der Waals surface area (Å²) in [6.07, 6.45) is 4.48. The molecule has 2 aromatic carbocycles. The van der Waals surface area contributed by atoms with Crippen LogP contribution in [0.15, 0.2) is 58.6 Å². The molecule has 32 heavy (non-hydrogen) atoms. The van der Waals surface area contributed by atoms with E-state index in [-0.39, 0.29) is 11.7 Å². The number of carbonyl (C=O) groups is 1. The average molecular weight is 484 g/mol. The summed E-state index contributed by atoms with van der Waals surface area (Å²) in [7, 11) is 0. The van der Waals surface area contributed by atoms with Crippen molar-refractivity contribution in [2.24, 2.45) is 0 Å². The van der Waals surface area contributed by atoms with Gasteiger partial charge in [-0.2, -0.15) is 5.26 Å². The van der Waals surface area contributed by atoms with E-state index in [1.165, 1.54) is 36.4 Å². The first-order chi connectivity index (χ1) is 15.7. The zero-order chi connectivity index (χ0) is 22.3. The minimum atomic E-state index is -0.125. The summed E-state index contributed by atoms with van der Waals surface area (Å²) in [4.78, 5) is 13.6. The molecule has 0 radical (unpaired) electrons. The molecule has 0 bridgehead atoms. The number of amides is 1. The van der Waals surface area contributed by atoms with Crippen LogP contribution in [0.1, 0.15) is 31.7 Å². The van der Waals surface area contributed by atoms with E-state index in [9.17, 15) is 4.79 Å².